The van der Waals surface area contributed by atoms with Crippen molar-refractivity contribution < 1.29 is 0 Å². The van der Waals surface area contributed by atoms with Crippen molar-refractivity contribution in [2.45, 2.75) is 68.2 Å². The molecule has 0 aromatic heterocycles. The summed E-state index contributed by atoms with van der Waals surface area (Å²) in [5.74, 6) is 0.883. The van der Waals surface area contributed by atoms with Gasteiger partial charge in [-0.1, -0.05) is 37.4 Å². The zero-order valence-corrected chi connectivity index (χ0v) is 13.8. The lowest BCUT2D eigenvalue weighted by atomic mass is 9.91. The Kier molecular flexibility index (Phi) is 4.95. The monoisotopic (exact) mass is 309 g/mol. The topological polar surface area (TPSA) is 12.0 Å². The van der Waals surface area contributed by atoms with Gasteiger partial charge in [0.2, 0.25) is 0 Å². The first-order valence-corrected chi connectivity index (χ1v) is 9.15. The number of halogens is 1. The Morgan fingerprint density at radius 2 is 2.10 bits per heavy atom. The molecule has 0 radical (unpaired) electrons. The van der Waals surface area contributed by atoms with Crippen molar-refractivity contribution in [3.05, 3.63) is 28.8 Å². The number of nitrogens with one attached hydrogen (secondary N) is 1. The molecule has 0 bridgehead atoms. The van der Waals surface area contributed by atoms with Crippen LogP contribution in [0.15, 0.2) is 23.1 Å². The van der Waals surface area contributed by atoms with Gasteiger partial charge in [-0.2, -0.15) is 0 Å². The van der Waals surface area contributed by atoms with Crippen molar-refractivity contribution in [1.29, 1.82) is 0 Å². The molecule has 1 aromatic rings. The molecular formula is C17H24ClNS. The summed E-state index contributed by atoms with van der Waals surface area (Å²) in [4.78, 5) is 1.39. The Morgan fingerprint density at radius 1 is 1.25 bits per heavy atom. The Balaban J connectivity index is 1.68. The maximum Gasteiger partial charge on any atom is 0.0462 e. The summed E-state index contributed by atoms with van der Waals surface area (Å²) in [7, 11) is 0. The van der Waals surface area contributed by atoms with Gasteiger partial charge in [0.25, 0.3) is 0 Å². The molecule has 2 atom stereocenters. The quantitative estimate of drug-likeness (QED) is 0.796. The summed E-state index contributed by atoms with van der Waals surface area (Å²) < 4.78 is 0. The number of thioether (sulfide) groups is 1. The summed E-state index contributed by atoms with van der Waals surface area (Å²) in [6, 6.07) is 7.11. The maximum atomic E-state index is 6.43. The van der Waals surface area contributed by atoms with Gasteiger partial charge in [-0.15, -0.1) is 11.8 Å². The van der Waals surface area contributed by atoms with E-state index in [1.807, 2.05) is 6.07 Å². The minimum atomic E-state index is 0.735. The highest BCUT2D eigenvalue weighted by Gasteiger charge is 2.23. The van der Waals surface area contributed by atoms with E-state index in [4.69, 9.17) is 11.6 Å². The molecule has 1 nitrogen and oxygen atoms in total. The van der Waals surface area contributed by atoms with Crippen molar-refractivity contribution in [3.63, 3.8) is 0 Å². The Morgan fingerprint density at radius 3 is 2.85 bits per heavy atom. The summed E-state index contributed by atoms with van der Waals surface area (Å²) >= 11 is 8.48. The summed E-state index contributed by atoms with van der Waals surface area (Å²) in [5, 5.41) is 5.30. The van der Waals surface area contributed by atoms with Crippen LogP contribution in [0.5, 0.6) is 0 Å². The van der Waals surface area contributed by atoms with Crippen LogP contribution in [0.1, 0.15) is 51.0 Å². The van der Waals surface area contributed by atoms with Crippen molar-refractivity contribution in [1.82, 2.24) is 5.32 Å². The van der Waals surface area contributed by atoms with Gasteiger partial charge in [-0.05, 0) is 49.3 Å². The van der Waals surface area contributed by atoms with Crippen molar-refractivity contribution in [2.75, 3.05) is 0 Å². The van der Waals surface area contributed by atoms with Gasteiger partial charge in [0, 0.05) is 27.8 Å². The van der Waals surface area contributed by atoms with Gasteiger partial charge in [0.1, 0.15) is 0 Å². The van der Waals surface area contributed by atoms with E-state index in [9.17, 15) is 0 Å². The number of hydrogen-bond donors (Lipinski definition) is 1. The van der Waals surface area contributed by atoms with Gasteiger partial charge in [-0.3, -0.25) is 0 Å². The molecule has 0 amide bonds. The number of hydrogen-bond acceptors (Lipinski definition) is 2. The summed E-state index contributed by atoms with van der Waals surface area (Å²) in [6.45, 7) is 3.31. The van der Waals surface area contributed by atoms with Crippen LogP contribution in [-0.4, -0.2) is 11.3 Å². The second-order valence-electron chi connectivity index (χ2n) is 6.38. The molecule has 2 aliphatic rings. The highest BCUT2D eigenvalue weighted by atomic mass is 35.5. The van der Waals surface area contributed by atoms with Crippen molar-refractivity contribution in [3.8, 4) is 0 Å². The van der Waals surface area contributed by atoms with Crippen LogP contribution in [0.3, 0.4) is 0 Å². The SMILES string of the molecule is CC1CCCC(Sc2cccc(Cl)c2CNC2CC2)C1. The van der Waals surface area contributed by atoms with Crippen LogP contribution < -0.4 is 5.32 Å². The fraction of sp³-hybridized carbons (Fsp3) is 0.647. The van der Waals surface area contributed by atoms with Crippen LogP contribution in [-0.2, 0) is 6.54 Å². The minimum Gasteiger partial charge on any atom is -0.310 e. The normalized spacial score (nSPS) is 26.7. The molecule has 1 aromatic carbocycles. The third-order valence-electron chi connectivity index (χ3n) is 4.40. The van der Waals surface area contributed by atoms with Crippen molar-refractivity contribution >= 4 is 23.4 Å². The van der Waals surface area contributed by atoms with Crippen molar-refractivity contribution in [2.24, 2.45) is 5.92 Å². The zero-order valence-electron chi connectivity index (χ0n) is 12.2. The fourth-order valence-corrected chi connectivity index (χ4v) is 4.87. The highest BCUT2D eigenvalue weighted by molar-refractivity contribution is 8.00. The number of benzene rings is 1. The highest BCUT2D eigenvalue weighted by Crippen LogP contribution is 2.39. The van der Waals surface area contributed by atoms with Gasteiger partial charge < -0.3 is 5.32 Å². The van der Waals surface area contributed by atoms with E-state index in [1.165, 1.54) is 49.0 Å². The van der Waals surface area contributed by atoms with E-state index >= 15 is 0 Å². The van der Waals surface area contributed by atoms with Gasteiger partial charge in [-0.25, -0.2) is 0 Å². The molecule has 0 heterocycles. The molecular weight excluding hydrogens is 286 g/mol. The Bertz CT molecular complexity index is 458. The van der Waals surface area contributed by atoms with E-state index in [2.05, 4.69) is 36.1 Å². The molecule has 2 unspecified atom stereocenters. The van der Waals surface area contributed by atoms with E-state index < -0.39 is 0 Å². The Labute approximate surface area is 131 Å². The van der Waals surface area contributed by atoms with Gasteiger partial charge in [0.05, 0.1) is 0 Å². The van der Waals surface area contributed by atoms with E-state index in [0.717, 1.165) is 28.8 Å². The van der Waals surface area contributed by atoms with Gasteiger partial charge in [0.15, 0.2) is 0 Å². The first-order valence-electron chi connectivity index (χ1n) is 7.90. The second kappa shape index (κ2) is 6.72. The van der Waals surface area contributed by atoms with Crippen LogP contribution in [0.4, 0.5) is 0 Å². The average molecular weight is 310 g/mol. The van der Waals surface area contributed by atoms with E-state index in [1.54, 1.807) is 0 Å². The van der Waals surface area contributed by atoms with E-state index in [0.29, 0.717) is 0 Å². The predicted octanol–water partition coefficient (Wildman–Crippen LogP) is 5.26. The molecule has 2 aliphatic carbocycles. The lowest BCUT2D eigenvalue weighted by Crippen LogP contribution is -2.18. The molecule has 2 fully saturated rings. The third-order valence-corrected chi connectivity index (χ3v) is 6.15. The largest absolute Gasteiger partial charge is 0.310 e. The second-order valence-corrected chi connectivity index (χ2v) is 8.13. The Hall–Kier alpha value is -0.180. The fourth-order valence-electron chi connectivity index (χ4n) is 3.02. The molecule has 0 saturated heterocycles. The van der Waals surface area contributed by atoms with Crippen LogP contribution in [0, 0.1) is 5.92 Å². The summed E-state index contributed by atoms with van der Waals surface area (Å²) in [6.07, 6.45) is 8.15. The molecule has 20 heavy (non-hydrogen) atoms. The standard InChI is InChI=1S/C17H24ClNS/c1-12-4-2-5-14(10-12)20-17-7-3-6-16(18)15(17)11-19-13-8-9-13/h3,6-7,12-14,19H,2,4-5,8-11H2,1H3. The molecule has 3 rings (SSSR count). The lowest BCUT2D eigenvalue weighted by molar-refractivity contribution is 0.394. The predicted molar refractivity (Wildman–Crippen MR) is 88.6 cm³/mol. The third kappa shape index (κ3) is 3.93. The van der Waals surface area contributed by atoms with Crippen LogP contribution in [0.25, 0.3) is 0 Å². The molecule has 0 spiro atoms. The smallest absolute Gasteiger partial charge is 0.0462 e. The molecule has 2 saturated carbocycles. The van der Waals surface area contributed by atoms with E-state index in [-0.39, 0.29) is 0 Å². The summed E-state index contributed by atoms with van der Waals surface area (Å²) in [5.41, 5.74) is 1.31. The molecule has 3 heteroatoms. The van der Waals surface area contributed by atoms with Crippen LogP contribution >= 0.6 is 23.4 Å². The zero-order chi connectivity index (χ0) is 13.9. The molecule has 0 aliphatic heterocycles. The first kappa shape index (κ1) is 14.7. The minimum absolute atomic E-state index is 0.735. The maximum absolute atomic E-state index is 6.43. The van der Waals surface area contributed by atoms with Crippen LogP contribution in [0.2, 0.25) is 5.02 Å². The first-order chi connectivity index (χ1) is 9.72. The average Bonchev–Trinajstić information content (AvgIpc) is 3.22. The molecule has 1 N–H and O–H groups in total. The van der Waals surface area contributed by atoms with Gasteiger partial charge >= 0.3 is 0 Å². The molecule has 110 valence electrons. The number of rotatable bonds is 5. The lowest BCUT2D eigenvalue weighted by Gasteiger charge is -2.27.